The molecule has 2 rings (SSSR count). The third kappa shape index (κ3) is 3.61. The maximum absolute atomic E-state index is 12.1. The second-order valence-electron chi connectivity index (χ2n) is 5.01. The van der Waals surface area contributed by atoms with Crippen molar-refractivity contribution in [1.29, 1.82) is 0 Å². The van der Waals surface area contributed by atoms with E-state index in [2.05, 4.69) is 12.1 Å². The molecule has 0 aliphatic rings. The first-order chi connectivity index (χ1) is 9.58. The first-order valence-corrected chi connectivity index (χ1v) is 6.96. The maximum atomic E-state index is 12.1. The highest BCUT2D eigenvalue weighted by Crippen LogP contribution is 2.29. The molecular weight excluding hydrogens is 270 g/mol. The Morgan fingerprint density at radius 2 is 1.55 bits per heavy atom. The van der Waals surface area contributed by atoms with Gasteiger partial charge in [-0.1, -0.05) is 54.1 Å². The van der Waals surface area contributed by atoms with Crippen LogP contribution in [0.3, 0.4) is 0 Å². The van der Waals surface area contributed by atoms with E-state index in [1.807, 2.05) is 42.5 Å². The van der Waals surface area contributed by atoms with Crippen LogP contribution in [0.25, 0.3) is 0 Å². The van der Waals surface area contributed by atoms with E-state index >= 15 is 0 Å². The van der Waals surface area contributed by atoms with Gasteiger partial charge in [-0.2, -0.15) is 0 Å². The van der Waals surface area contributed by atoms with Crippen molar-refractivity contribution in [2.75, 3.05) is 14.1 Å². The fourth-order valence-electron chi connectivity index (χ4n) is 2.17. The average Bonchev–Trinajstić information content (AvgIpc) is 2.46. The van der Waals surface area contributed by atoms with E-state index in [1.165, 1.54) is 0 Å². The SMILES string of the molecule is CN(C)C(=O)C[C@H](c1ccccc1)c1ccc(Cl)cc1. The van der Waals surface area contributed by atoms with Crippen molar-refractivity contribution in [3.8, 4) is 0 Å². The van der Waals surface area contributed by atoms with E-state index in [-0.39, 0.29) is 11.8 Å². The largest absolute Gasteiger partial charge is 0.349 e. The van der Waals surface area contributed by atoms with Crippen molar-refractivity contribution in [1.82, 2.24) is 4.90 Å². The number of hydrogen-bond donors (Lipinski definition) is 0. The molecule has 0 bridgehead atoms. The predicted octanol–water partition coefficient (Wildman–Crippen LogP) is 3.95. The first kappa shape index (κ1) is 14.6. The van der Waals surface area contributed by atoms with E-state index < -0.39 is 0 Å². The summed E-state index contributed by atoms with van der Waals surface area (Å²) in [5.74, 6) is 0.178. The van der Waals surface area contributed by atoms with Gasteiger partial charge in [0.25, 0.3) is 0 Å². The number of rotatable bonds is 4. The minimum absolute atomic E-state index is 0.0587. The van der Waals surface area contributed by atoms with Gasteiger partial charge in [0.2, 0.25) is 5.91 Å². The van der Waals surface area contributed by atoms with Crippen molar-refractivity contribution >= 4 is 17.5 Å². The minimum atomic E-state index is 0.0587. The summed E-state index contributed by atoms with van der Waals surface area (Å²) in [6.45, 7) is 0. The second kappa shape index (κ2) is 6.58. The zero-order chi connectivity index (χ0) is 14.5. The van der Waals surface area contributed by atoms with E-state index in [9.17, 15) is 4.79 Å². The lowest BCUT2D eigenvalue weighted by molar-refractivity contribution is -0.128. The van der Waals surface area contributed by atoms with Gasteiger partial charge in [0.15, 0.2) is 0 Å². The predicted molar refractivity (Wildman–Crippen MR) is 83.0 cm³/mol. The van der Waals surface area contributed by atoms with Crippen LogP contribution in [0.2, 0.25) is 5.02 Å². The summed E-state index contributed by atoms with van der Waals surface area (Å²) >= 11 is 5.94. The van der Waals surface area contributed by atoms with Crippen molar-refractivity contribution in [3.63, 3.8) is 0 Å². The monoisotopic (exact) mass is 287 g/mol. The summed E-state index contributed by atoms with van der Waals surface area (Å²) in [5, 5.41) is 0.708. The van der Waals surface area contributed by atoms with Crippen LogP contribution in [0.5, 0.6) is 0 Å². The highest BCUT2D eigenvalue weighted by molar-refractivity contribution is 6.30. The minimum Gasteiger partial charge on any atom is -0.349 e. The number of halogens is 1. The zero-order valence-corrected chi connectivity index (χ0v) is 12.5. The number of nitrogens with zero attached hydrogens (tertiary/aromatic N) is 1. The number of carbonyl (C=O) groups is 1. The first-order valence-electron chi connectivity index (χ1n) is 6.58. The Morgan fingerprint density at radius 1 is 1.00 bits per heavy atom. The van der Waals surface area contributed by atoms with Crippen LogP contribution in [0.4, 0.5) is 0 Å². The summed E-state index contributed by atoms with van der Waals surface area (Å²) in [5.41, 5.74) is 2.25. The summed E-state index contributed by atoms with van der Waals surface area (Å²) in [4.78, 5) is 13.7. The lowest BCUT2D eigenvalue weighted by Gasteiger charge is -2.20. The molecule has 0 heterocycles. The van der Waals surface area contributed by atoms with Crippen molar-refractivity contribution in [2.24, 2.45) is 0 Å². The molecule has 0 saturated heterocycles. The van der Waals surface area contributed by atoms with E-state index in [0.717, 1.165) is 11.1 Å². The zero-order valence-electron chi connectivity index (χ0n) is 11.7. The van der Waals surface area contributed by atoms with Gasteiger partial charge in [-0.25, -0.2) is 0 Å². The van der Waals surface area contributed by atoms with Crippen molar-refractivity contribution in [3.05, 3.63) is 70.7 Å². The van der Waals surface area contributed by atoms with Crippen LogP contribution in [0, 0.1) is 0 Å². The molecule has 0 radical (unpaired) electrons. The maximum Gasteiger partial charge on any atom is 0.223 e. The molecule has 0 unspecified atom stereocenters. The van der Waals surface area contributed by atoms with Gasteiger partial charge < -0.3 is 4.90 Å². The number of amides is 1. The second-order valence-corrected chi connectivity index (χ2v) is 5.44. The van der Waals surface area contributed by atoms with E-state index in [0.29, 0.717) is 11.4 Å². The van der Waals surface area contributed by atoms with E-state index in [4.69, 9.17) is 11.6 Å². The van der Waals surface area contributed by atoms with Gasteiger partial charge in [0.05, 0.1) is 0 Å². The molecule has 0 aromatic heterocycles. The molecule has 1 atom stereocenters. The molecule has 0 N–H and O–H groups in total. The van der Waals surface area contributed by atoms with Gasteiger partial charge in [0, 0.05) is 31.5 Å². The molecule has 0 aliphatic heterocycles. The number of benzene rings is 2. The van der Waals surface area contributed by atoms with Crippen LogP contribution < -0.4 is 0 Å². The molecule has 0 aliphatic carbocycles. The molecule has 104 valence electrons. The molecule has 2 aromatic rings. The van der Waals surface area contributed by atoms with E-state index in [1.54, 1.807) is 19.0 Å². The number of carbonyl (C=O) groups excluding carboxylic acids is 1. The third-order valence-corrected chi connectivity index (χ3v) is 3.60. The van der Waals surface area contributed by atoms with Crippen LogP contribution in [-0.4, -0.2) is 24.9 Å². The van der Waals surface area contributed by atoms with Crippen LogP contribution in [0.1, 0.15) is 23.5 Å². The standard InChI is InChI=1S/C17H18ClNO/c1-19(2)17(20)12-16(13-6-4-3-5-7-13)14-8-10-15(18)11-9-14/h3-11,16H,12H2,1-2H3/t16-/m1/s1. The molecule has 0 spiro atoms. The molecule has 0 saturated carbocycles. The molecule has 2 nitrogen and oxygen atoms in total. The number of hydrogen-bond acceptors (Lipinski definition) is 1. The van der Waals surface area contributed by atoms with Crippen LogP contribution in [0.15, 0.2) is 54.6 Å². The fourth-order valence-corrected chi connectivity index (χ4v) is 2.29. The Balaban J connectivity index is 2.34. The Morgan fingerprint density at radius 3 is 2.10 bits per heavy atom. The Hall–Kier alpha value is -1.80. The van der Waals surface area contributed by atoms with Gasteiger partial charge in [0.1, 0.15) is 0 Å². The fraction of sp³-hybridized carbons (Fsp3) is 0.235. The van der Waals surface area contributed by atoms with Crippen LogP contribution >= 0.6 is 11.6 Å². The highest BCUT2D eigenvalue weighted by Gasteiger charge is 2.19. The molecule has 0 fully saturated rings. The molecule has 2 aromatic carbocycles. The highest BCUT2D eigenvalue weighted by atomic mass is 35.5. The van der Waals surface area contributed by atoms with Gasteiger partial charge >= 0.3 is 0 Å². The molecular formula is C17H18ClNO. The normalized spacial score (nSPS) is 11.9. The Labute approximate surface area is 125 Å². The summed E-state index contributed by atoms with van der Waals surface area (Å²) in [6, 6.07) is 17.8. The topological polar surface area (TPSA) is 20.3 Å². The molecule has 1 amide bonds. The third-order valence-electron chi connectivity index (χ3n) is 3.35. The summed E-state index contributed by atoms with van der Waals surface area (Å²) < 4.78 is 0. The smallest absolute Gasteiger partial charge is 0.223 e. The quantitative estimate of drug-likeness (QED) is 0.834. The van der Waals surface area contributed by atoms with Crippen molar-refractivity contribution in [2.45, 2.75) is 12.3 Å². The van der Waals surface area contributed by atoms with Crippen LogP contribution in [-0.2, 0) is 4.79 Å². The summed E-state index contributed by atoms with van der Waals surface area (Å²) in [7, 11) is 3.57. The van der Waals surface area contributed by atoms with Crippen molar-refractivity contribution < 1.29 is 4.79 Å². The lowest BCUT2D eigenvalue weighted by Crippen LogP contribution is -2.24. The van der Waals surface area contributed by atoms with Gasteiger partial charge in [-0.05, 0) is 23.3 Å². The summed E-state index contributed by atoms with van der Waals surface area (Å²) in [6.07, 6.45) is 0.457. The van der Waals surface area contributed by atoms with Gasteiger partial charge in [-0.15, -0.1) is 0 Å². The Kier molecular flexibility index (Phi) is 4.80. The average molecular weight is 288 g/mol. The lowest BCUT2D eigenvalue weighted by atomic mass is 9.88. The molecule has 20 heavy (non-hydrogen) atoms. The van der Waals surface area contributed by atoms with Gasteiger partial charge in [-0.3, -0.25) is 4.79 Å². The molecule has 3 heteroatoms. The Bertz CT molecular complexity index is 563.